The van der Waals surface area contributed by atoms with Crippen molar-refractivity contribution in [3.8, 4) is 11.1 Å². The maximum Gasteiger partial charge on any atom is 0.350 e. The van der Waals surface area contributed by atoms with Gasteiger partial charge in [-0.25, -0.2) is 22.1 Å². The number of benzene rings is 2. The monoisotopic (exact) mass is 591 g/mol. The van der Waals surface area contributed by atoms with E-state index in [0.29, 0.717) is 65.7 Å². The van der Waals surface area contributed by atoms with Gasteiger partial charge in [0.25, 0.3) is 0 Å². The normalized spacial score (nSPS) is 21.7. The van der Waals surface area contributed by atoms with Gasteiger partial charge < -0.3 is 9.80 Å². The first-order valence-electron chi connectivity index (χ1n) is 12.3. The van der Waals surface area contributed by atoms with Gasteiger partial charge in [0.05, 0.1) is 33.6 Å². The molecule has 0 spiro atoms. The van der Waals surface area contributed by atoms with E-state index in [2.05, 4.69) is 11.6 Å². The molecule has 2 saturated heterocycles. The van der Waals surface area contributed by atoms with Gasteiger partial charge in [0.2, 0.25) is 5.91 Å². The van der Waals surface area contributed by atoms with Crippen molar-refractivity contribution in [2.24, 2.45) is 0 Å². The highest BCUT2D eigenvalue weighted by Gasteiger charge is 2.46. The Morgan fingerprint density at radius 1 is 1.21 bits per heavy atom. The van der Waals surface area contributed by atoms with E-state index in [9.17, 15) is 22.6 Å². The summed E-state index contributed by atoms with van der Waals surface area (Å²) in [6.45, 7) is 5.63. The molecule has 3 aromatic rings. The predicted octanol–water partition coefficient (Wildman–Crippen LogP) is 3.28. The van der Waals surface area contributed by atoms with Crippen LogP contribution in [0, 0.1) is 11.6 Å². The molecule has 8 nitrogen and oxygen atoms in total. The molecule has 1 amide bonds. The molecule has 39 heavy (non-hydrogen) atoms. The third kappa shape index (κ3) is 4.28. The molecule has 0 aliphatic carbocycles. The first-order chi connectivity index (χ1) is 18.7. The number of thioether (sulfide) groups is 1. The van der Waals surface area contributed by atoms with Crippen molar-refractivity contribution < 1.29 is 17.8 Å². The molecule has 2 aromatic carbocycles. The Bertz CT molecular complexity index is 1630. The van der Waals surface area contributed by atoms with Crippen LogP contribution in [0.2, 0.25) is 5.02 Å². The van der Waals surface area contributed by atoms with Crippen LogP contribution in [0.3, 0.4) is 0 Å². The lowest BCUT2D eigenvalue weighted by Crippen LogP contribution is -2.61. The Kier molecular flexibility index (Phi) is 6.77. The Morgan fingerprint density at radius 3 is 2.69 bits per heavy atom. The lowest BCUT2D eigenvalue weighted by Gasteiger charge is -2.44. The Balaban J connectivity index is 1.55. The minimum atomic E-state index is -1.25. The van der Waals surface area contributed by atoms with E-state index in [4.69, 9.17) is 11.6 Å². The van der Waals surface area contributed by atoms with Crippen LogP contribution in [0.1, 0.15) is 0 Å². The van der Waals surface area contributed by atoms with Crippen LogP contribution in [0.4, 0.5) is 14.6 Å². The van der Waals surface area contributed by atoms with Gasteiger partial charge in [-0.3, -0.25) is 9.36 Å². The number of carbonyl (C=O) groups excluding carboxylic acids is 1. The molecule has 6 rings (SSSR count). The minimum Gasteiger partial charge on any atom is -0.348 e. The highest BCUT2D eigenvalue weighted by Crippen LogP contribution is 2.46. The summed E-state index contributed by atoms with van der Waals surface area (Å²) in [5, 5.41) is 0.886. The topological polar surface area (TPSA) is 78.8 Å². The van der Waals surface area contributed by atoms with Crippen LogP contribution in [0.25, 0.3) is 22.0 Å². The van der Waals surface area contributed by atoms with Gasteiger partial charge in [0.1, 0.15) is 17.5 Å². The average Bonchev–Trinajstić information content (AvgIpc) is 3.36. The standard InChI is InChI=1S/C26H24ClF2N5O3S2/c1-3-21(35)32-6-7-33(20-13-31(39(2)37)12-19(20)32)25-16-11-17(27)22(15-5-4-14(28)10-18(15)29)24-23(16)34(8-9-38-24)26(36)30-25/h3-5,10-11,19-20H,1,6-9,12-13H2,2H3/t19-,20+,39?/m0/s1. The first kappa shape index (κ1) is 26.4. The molecule has 0 radical (unpaired) electrons. The fraction of sp³-hybridized carbons (Fsp3) is 0.346. The first-order valence-corrected chi connectivity index (χ1v) is 15.2. The number of amides is 1. The zero-order valence-electron chi connectivity index (χ0n) is 20.9. The Hall–Kier alpha value is -2.80. The zero-order valence-corrected chi connectivity index (χ0v) is 23.3. The molecule has 0 bridgehead atoms. The second-order valence-corrected chi connectivity index (χ2v) is 12.5. The second kappa shape index (κ2) is 9.99. The van der Waals surface area contributed by atoms with Crippen molar-refractivity contribution in [1.82, 2.24) is 18.8 Å². The summed E-state index contributed by atoms with van der Waals surface area (Å²) < 4.78 is 44.4. The molecule has 3 atom stereocenters. The van der Waals surface area contributed by atoms with Gasteiger partial charge in [-0.15, -0.1) is 11.8 Å². The molecule has 1 aromatic heterocycles. The quantitative estimate of drug-likeness (QED) is 0.434. The predicted molar refractivity (Wildman–Crippen MR) is 150 cm³/mol. The summed E-state index contributed by atoms with van der Waals surface area (Å²) >= 11 is 8.26. The van der Waals surface area contributed by atoms with E-state index >= 15 is 0 Å². The van der Waals surface area contributed by atoms with Crippen molar-refractivity contribution >= 4 is 57.0 Å². The summed E-state index contributed by atoms with van der Waals surface area (Å²) in [4.78, 5) is 34.9. The number of carbonyl (C=O) groups is 1. The SMILES string of the molecule is C=CC(=O)N1CCN(c2nc(=O)n3c4c(c(-c5ccc(F)cc5F)c(Cl)cc24)SCC3)[C@@H]2CN(S(C)=O)C[C@@H]21. The number of piperazine rings is 1. The van der Waals surface area contributed by atoms with Crippen LogP contribution in [0.15, 0.2) is 46.6 Å². The molecule has 3 aliphatic rings. The van der Waals surface area contributed by atoms with Crippen LogP contribution in [0.5, 0.6) is 0 Å². The number of nitrogens with zero attached hydrogens (tertiary/aromatic N) is 5. The summed E-state index contributed by atoms with van der Waals surface area (Å²) in [7, 11) is -1.25. The average molecular weight is 592 g/mol. The minimum absolute atomic E-state index is 0.151. The van der Waals surface area contributed by atoms with Gasteiger partial charge in [-0.05, 0) is 24.3 Å². The summed E-state index contributed by atoms with van der Waals surface area (Å²) in [5.74, 6) is -0.661. The van der Waals surface area contributed by atoms with Gasteiger partial charge in [0.15, 0.2) is 0 Å². The van der Waals surface area contributed by atoms with E-state index in [0.717, 1.165) is 6.07 Å². The summed E-state index contributed by atoms with van der Waals surface area (Å²) in [5.41, 5.74) is 0.712. The number of aryl methyl sites for hydroxylation is 1. The van der Waals surface area contributed by atoms with Crippen LogP contribution in [-0.2, 0) is 22.3 Å². The van der Waals surface area contributed by atoms with Crippen molar-refractivity contribution in [3.63, 3.8) is 0 Å². The highest BCUT2D eigenvalue weighted by atomic mass is 35.5. The smallest absolute Gasteiger partial charge is 0.348 e. The van der Waals surface area contributed by atoms with Gasteiger partial charge >= 0.3 is 5.69 Å². The summed E-state index contributed by atoms with van der Waals surface area (Å²) in [6.07, 6.45) is 2.88. The van der Waals surface area contributed by atoms with E-state index in [1.165, 1.54) is 30.0 Å². The van der Waals surface area contributed by atoms with Gasteiger partial charge in [-0.1, -0.05) is 18.2 Å². The number of aromatic nitrogens is 2. The summed E-state index contributed by atoms with van der Waals surface area (Å²) in [6, 6.07) is 4.48. The number of hydrogen-bond donors (Lipinski definition) is 0. The second-order valence-electron chi connectivity index (χ2n) is 9.64. The molecular formula is C26H24ClF2N5O3S2. The van der Waals surface area contributed by atoms with E-state index in [1.54, 1.807) is 26.1 Å². The molecule has 204 valence electrons. The van der Waals surface area contributed by atoms with Crippen LogP contribution in [-0.4, -0.2) is 79.1 Å². The molecule has 4 heterocycles. The largest absolute Gasteiger partial charge is 0.350 e. The maximum absolute atomic E-state index is 14.9. The fourth-order valence-electron chi connectivity index (χ4n) is 5.87. The molecule has 1 unspecified atom stereocenters. The highest BCUT2D eigenvalue weighted by molar-refractivity contribution is 7.99. The fourth-order valence-corrected chi connectivity index (χ4v) is 8.16. The number of hydrogen-bond acceptors (Lipinski definition) is 6. The van der Waals surface area contributed by atoms with Gasteiger partial charge in [0, 0.05) is 72.2 Å². The number of anilines is 1. The third-order valence-electron chi connectivity index (χ3n) is 7.61. The van der Waals surface area contributed by atoms with Crippen molar-refractivity contribution in [1.29, 1.82) is 0 Å². The van der Waals surface area contributed by atoms with E-state index in [1.807, 2.05) is 4.90 Å². The molecule has 3 aliphatic heterocycles. The number of rotatable bonds is 4. The Labute approximate surface area is 234 Å². The molecule has 0 N–H and O–H groups in total. The van der Waals surface area contributed by atoms with Crippen molar-refractivity contribution in [3.05, 3.63) is 64.1 Å². The van der Waals surface area contributed by atoms with Crippen LogP contribution < -0.4 is 10.6 Å². The maximum atomic E-state index is 14.9. The number of fused-ring (bicyclic) bond motifs is 1. The third-order valence-corrected chi connectivity index (χ3v) is 10.0. The van der Waals surface area contributed by atoms with Gasteiger partial charge in [-0.2, -0.15) is 4.98 Å². The number of halogens is 3. The molecule has 13 heteroatoms. The van der Waals surface area contributed by atoms with Crippen LogP contribution >= 0.6 is 23.4 Å². The lowest BCUT2D eigenvalue weighted by atomic mass is 10.0. The van der Waals surface area contributed by atoms with E-state index in [-0.39, 0.29) is 28.6 Å². The Morgan fingerprint density at radius 2 is 1.97 bits per heavy atom. The van der Waals surface area contributed by atoms with Crippen molar-refractivity contribution in [2.45, 2.75) is 23.5 Å². The molecule has 0 saturated carbocycles. The zero-order chi connectivity index (χ0) is 27.6. The lowest BCUT2D eigenvalue weighted by molar-refractivity contribution is -0.128. The molecular weight excluding hydrogens is 568 g/mol. The molecule has 2 fully saturated rings. The van der Waals surface area contributed by atoms with E-state index < -0.39 is 28.3 Å². The van der Waals surface area contributed by atoms with Crippen molar-refractivity contribution in [2.75, 3.05) is 43.1 Å².